The molecule has 1 fully saturated rings. The van der Waals surface area contributed by atoms with E-state index >= 15 is 0 Å². The molecule has 2 heterocycles. The number of anilines is 3. The zero-order valence-electron chi connectivity index (χ0n) is 13.7. The Hall–Kier alpha value is -2.25. The van der Waals surface area contributed by atoms with Gasteiger partial charge in [0, 0.05) is 22.2 Å². The molecule has 3 aromatic rings. The second-order valence-corrected chi connectivity index (χ2v) is 7.61. The first-order chi connectivity index (χ1) is 11.6. The van der Waals surface area contributed by atoms with Crippen molar-refractivity contribution in [3.8, 4) is 0 Å². The first-order valence-corrected chi connectivity index (χ1v) is 8.74. The molecule has 0 saturated heterocycles. The summed E-state index contributed by atoms with van der Waals surface area (Å²) in [7, 11) is 4.06. The summed E-state index contributed by atoms with van der Waals surface area (Å²) in [6, 6.07) is 10.1. The third kappa shape index (κ3) is 3.05. The van der Waals surface area contributed by atoms with Crippen LogP contribution < -0.4 is 11.1 Å². The molecule has 0 radical (unpaired) electrons. The van der Waals surface area contributed by atoms with E-state index in [1.807, 2.05) is 30.9 Å². The normalized spacial score (nSPS) is 14.5. The number of benzene rings is 1. The lowest BCUT2D eigenvalue weighted by molar-refractivity contribution is 0.702. The van der Waals surface area contributed by atoms with Gasteiger partial charge in [-0.15, -0.1) is 0 Å². The Kier molecular flexibility index (Phi) is 3.82. The topological polar surface area (TPSA) is 71.5 Å². The fourth-order valence-corrected chi connectivity index (χ4v) is 3.41. The molecular formula is C17H20N6S. The Morgan fingerprint density at radius 3 is 2.67 bits per heavy atom. The predicted molar refractivity (Wildman–Crippen MR) is 98.6 cm³/mol. The van der Waals surface area contributed by atoms with Gasteiger partial charge in [0.25, 0.3) is 0 Å². The van der Waals surface area contributed by atoms with Crippen LogP contribution in [0.15, 0.2) is 41.4 Å². The summed E-state index contributed by atoms with van der Waals surface area (Å²) in [6.45, 7) is 0. The maximum absolute atomic E-state index is 6.00. The van der Waals surface area contributed by atoms with Crippen LogP contribution in [-0.2, 0) is 0 Å². The minimum absolute atomic E-state index is 0.507. The summed E-state index contributed by atoms with van der Waals surface area (Å²) in [5.74, 6) is 1.93. The van der Waals surface area contributed by atoms with Crippen molar-refractivity contribution in [1.82, 2.24) is 18.9 Å². The summed E-state index contributed by atoms with van der Waals surface area (Å²) in [5.41, 5.74) is 9.06. The van der Waals surface area contributed by atoms with Gasteiger partial charge in [-0.25, -0.2) is 4.98 Å². The lowest BCUT2D eigenvalue weighted by atomic mass is 10.2. The molecule has 1 aliphatic carbocycles. The van der Waals surface area contributed by atoms with Gasteiger partial charge in [0.1, 0.15) is 11.6 Å². The quantitative estimate of drug-likeness (QED) is 0.693. The van der Waals surface area contributed by atoms with Crippen LogP contribution in [0, 0.1) is 0 Å². The van der Waals surface area contributed by atoms with Gasteiger partial charge >= 0.3 is 0 Å². The van der Waals surface area contributed by atoms with Gasteiger partial charge in [-0.1, -0.05) is 0 Å². The summed E-state index contributed by atoms with van der Waals surface area (Å²) in [6.07, 6.45) is 4.35. The third-order valence-electron chi connectivity index (χ3n) is 3.95. The average Bonchev–Trinajstić information content (AvgIpc) is 3.29. The number of hydrogen-bond acceptors (Lipinski definition) is 6. The third-order valence-corrected chi connectivity index (χ3v) is 4.80. The van der Waals surface area contributed by atoms with Crippen LogP contribution in [0.5, 0.6) is 0 Å². The predicted octanol–water partition coefficient (Wildman–Crippen LogP) is 3.50. The molecule has 0 aliphatic heterocycles. The average molecular weight is 340 g/mol. The summed E-state index contributed by atoms with van der Waals surface area (Å²) in [4.78, 5) is 5.67. The smallest absolute Gasteiger partial charge is 0.163 e. The summed E-state index contributed by atoms with van der Waals surface area (Å²) >= 11 is 1.69. The van der Waals surface area contributed by atoms with Crippen LogP contribution in [-0.4, -0.2) is 33.0 Å². The van der Waals surface area contributed by atoms with Gasteiger partial charge in [0.05, 0.1) is 6.20 Å². The fourth-order valence-electron chi connectivity index (χ4n) is 2.73. The Bertz CT molecular complexity index is 867. The Balaban J connectivity index is 1.64. The number of nitrogens with two attached hydrogens (primary N) is 1. The molecule has 6 nitrogen and oxygen atoms in total. The zero-order valence-corrected chi connectivity index (χ0v) is 14.5. The molecular weight excluding hydrogens is 320 g/mol. The van der Waals surface area contributed by atoms with E-state index in [1.54, 1.807) is 11.9 Å². The second-order valence-electron chi connectivity index (χ2n) is 6.23. The van der Waals surface area contributed by atoms with E-state index in [0.29, 0.717) is 11.7 Å². The lowest BCUT2D eigenvalue weighted by Crippen LogP contribution is -2.04. The van der Waals surface area contributed by atoms with Gasteiger partial charge in [0.2, 0.25) is 0 Å². The summed E-state index contributed by atoms with van der Waals surface area (Å²) < 4.78 is 3.91. The lowest BCUT2D eigenvalue weighted by Gasteiger charge is -2.11. The van der Waals surface area contributed by atoms with Crippen molar-refractivity contribution in [2.45, 2.75) is 23.7 Å². The highest BCUT2D eigenvalue weighted by Crippen LogP contribution is 2.42. The number of hydrogen-bond donors (Lipinski definition) is 2. The van der Waals surface area contributed by atoms with Crippen molar-refractivity contribution in [3.05, 3.63) is 42.1 Å². The molecule has 0 bridgehead atoms. The SMILES string of the molecule is CN(C)Sc1ccc(Nc2cc(N)nc3c(C4CC4)cnn23)cc1. The van der Waals surface area contributed by atoms with E-state index in [9.17, 15) is 0 Å². The highest BCUT2D eigenvalue weighted by Gasteiger charge is 2.28. The van der Waals surface area contributed by atoms with Gasteiger partial charge in [-0.05, 0) is 69.1 Å². The highest BCUT2D eigenvalue weighted by molar-refractivity contribution is 7.97. The van der Waals surface area contributed by atoms with Crippen molar-refractivity contribution < 1.29 is 0 Å². The van der Waals surface area contributed by atoms with Crippen LogP contribution >= 0.6 is 11.9 Å². The molecule has 4 rings (SSSR count). The largest absolute Gasteiger partial charge is 0.384 e. The molecule has 2 aromatic heterocycles. The molecule has 7 heteroatoms. The van der Waals surface area contributed by atoms with Crippen molar-refractivity contribution in [3.63, 3.8) is 0 Å². The molecule has 3 N–H and O–H groups in total. The van der Waals surface area contributed by atoms with Gasteiger partial charge in [-0.3, -0.25) is 4.31 Å². The zero-order chi connectivity index (χ0) is 16.7. The first kappa shape index (κ1) is 15.3. The van der Waals surface area contributed by atoms with Crippen LogP contribution in [0.25, 0.3) is 5.65 Å². The van der Waals surface area contributed by atoms with Crippen LogP contribution in [0.2, 0.25) is 0 Å². The monoisotopic (exact) mass is 340 g/mol. The first-order valence-electron chi connectivity index (χ1n) is 7.96. The minimum Gasteiger partial charge on any atom is -0.384 e. The molecule has 0 spiro atoms. The number of nitrogen functional groups attached to an aromatic ring is 1. The van der Waals surface area contributed by atoms with Gasteiger partial charge in [-0.2, -0.15) is 9.61 Å². The molecule has 1 aromatic carbocycles. The second kappa shape index (κ2) is 5.99. The van der Waals surface area contributed by atoms with E-state index in [1.165, 1.54) is 23.3 Å². The van der Waals surface area contributed by atoms with Crippen molar-refractivity contribution in [1.29, 1.82) is 0 Å². The van der Waals surface area contributed by atoms with Gasteiger partial charge < -0.3 is 11.1 Å². The molecule has 124 valence electrons. The van der Waals surface area contributed by atoms with E-state index in [-0.39, 0.29) is 0 Å². The van der Waals surface area contributed by atoms with Crippen molar-refractivity contribution >= 4 is 34.9 Å². The van der Waals surface area contributed by atoms with E-state index < -0.39 is 0 Å². The summed E-state index contributed by atoms with van der Waals surface area (Å²) in [5, 5.41) is 7.90. The van der Waals surface area contributed by atoms with E-state index in [4.69, 9.17) is 5.73 Å². The fraction of sp³-hybridized carbons (Fsp3) is 0.294. The molecule has 0 atom stereocenters. The van der Waals surface area contributed by atoms with E-state index in [0.717, 1.165) is 17.2 Å². The van der Waals surface area contributed by atoms with Crippen LogP contribution in [0.1, 0.15) is 24.3 Å². The molecule has 0 unspecified atom stereocenters. The van der Waals surface area contributed by atoms with Gasteiger partial charge in [0.15, 0.2) is 5.65 Å². The molecule has 0 amide bonds. The van der Waals surface area contributed by atoms with Crippen molar-refractivity contribution in [2.24, 2.45) is 0 Å². The number of rotatable bonds is 5. The van der Waals surface area contributed by atoms with Crippen molar-refractivity contribution in [2.75, 3.05) is 25.1 Å². The Morgan fingerprint density at radius 2 is 2.00 bits per heavy atom. The Morgan fingerprint density at radius 1 is 1.25 bits per heavy atom. The van der Waals surface area contributed by atoms with Crippen LogP contribution in [0.4, 0.5) is 17.3 Å². The number of nitrogens with zero attached hydrogens (tertiary/aromatic N) is 4. The molecule has 1 saturated carbocycles. The molecule has 1 aliphatic rings. The van der Waals surface area contributed by atoms with E-state index in [2.05, 4.69) is 44.0 Å². The minimum atomic E-state index is 0.507. The standard InChI is InChI=1S/C17H20N6S/c1-22(2)24-13-7-5-12(6-8-13)20-16-9-15(18)21-17-14(11-3-4-11)10-19-23(16)17/h5-11,20H,3-4H2,1-2H3,(H2,18,21). The maximum Gasteiger partial charge on any atom is 0.163 e. The Labute approximate surface area is 145 Å². The maximum atomic E-state index is 6.00. The number of nitrogens with one attached hydrogen (secondary N) is 1. The molecule has 24 heavy (non-hydrogen) atoms. The number of aromatic nitrogens is 3. The highest BCUT2D eigenvalue weighted by atomic mass is 32.2. The van der Waals surface area contributed by atoms with Crippen LogP contribution in [0.3, 0.4) is 0 Å². The number of fused-ring (bicyclic) bond motifs is 1.